The third kappa shape index (κ3) is 2.80. The van der Waals surface area contributed by atoms with Gasteiger partial charge in [0.05, 0.1) is 18.4 Å². The second kappa shape index (κ2) is 6.00. The predicted octanol–water partition coefficient (Wildman–Crippen LogP) is 0.872. The van der Waals surface area contributed by atoms with Crippen LogP contribution in [0.1, 0.15) is 22.9 Å². The van der Waals surface area contributed by atoms with Gasteiger partial charge >= 0.3 is 0 Å². The summed E-state index contributed by atoms with van der Waals surface area (Å²) in [6.07, 6.45) is 7.78. The van der Waals surface area contributed by atoms with Crippen LogP contribution in [0.2, 0.25) is 0 Å². The summed E-state index contributed by atoms with van der Waals surface area (Å²) in [5, 5.41) is 0. The van der Waals surface area contributed by atoms with Gasteiger partial charge in [-0.1, -0.05) is 6.07 Å². The van der Waals surface area contributed by atoms with Crippen molar-refractivity contribution in [2.75, 3.05) is 13.1 Å². The molecule has 2 atom stereocenters. The highest BCUT2D eigenvalue weighted by molar-refractivity contribution is 5.79. The molecule has 7 nitrogen and oxygen atoms in total. The Balaban J connectivity index is 1.49. The lowest BCUT2D eigenvalue weighted by Crippen LogP contribution is -2.33. The van der Waals surface area contributed by atoms with Gasteiger partial charge in [0.1, 0.15) is 5.65 Å². The van der Waals surface area contributed by atoms with E-state index in [9.17, 15) is 4.79 Å². The topological polar surface area (TPSA) is 81.5 Å². The molecule has 0 bridgehead atoms. The molecule has 0 spiro atoms. The lowest BCUT2D eigenvalue weighted by atomic mass is 10.0. The Morgan fingerprint density at radius 2 is 2.24 bits per heavy atom. The molecule has 1 aliphatic rings. The van der Waals surface area contributed by atoms with Gasteiger partial charge in [0.2, 0.25) is 5.91 Å². The number of likely N-dealkylation sites (tertiary alicyclic amines) is 1. The first-order chi connectivity index (χ1) is 12.0. The van der Waals surface area contributed by atoms with Gasteiger partial charge in [0.15, 0.2) is 0 Å². The average Bonchev–Trinajstić information content (AvgIpc) is 3.26. The van der Waals surface area contributed by atoms with Crippen LogP contribution in [0.5, 0.6) is 0 Å². The number of amides is 1. The first-order valence-corrected chi connectivity index (χ1v) is 8.45. The molecule has 4 rings (SSSR count). The number of hydrogen-bond acceptors (Lipinski definition) is 4. The zero-order valence-electron chi connectivity index (χ0n) is 14.5. The molecule has 1 amide bonds. The maximum Gasteiger partial charge on any atom is 0.228 e. The van der Waals surface area contributed by atoms with Gasteiger partial charge in [-0.25, -0.2) is 9.97 Å². The number of carbonyl (C=O) groups excluding carboxylic acids is 1. The lowest BCUT2D eigenvalue weighted by molar-refractivity contribution is -0.129. The minimum absolute atomic E-state index is 0.0670. The number of aryl methyl sites for hydroxylation is 2. The molecular formula is C18H22N6O. The zero-order chi connectivity index (χ0) is 17.6. The van der Waals surface area contributed by atoms with Gasteiger partial charge in [-0.05, 0) is 18.6 Å². The van der Waals surface area contributed by atoms with Crippen molar-refractivity contribution in [3.05, 3.63) is 54.0 Å². The minimum Gasteiger partial charge on any atom is -0.340 e. The van der Waals surface area contributed by atoms with Crippen molar-refractivity contribution in [2.24, 2.45) is 12.8 Å². The molecule has 0 unspecified atom stereocenters. The van der Waals surface area contributed by atoms with Gasteiger partial charge in [-0.2, -0.15) is 0 Å². The summed E-state index contributed by atoms with van der Waals surface area (Å²) in [5.74, 6) is 0.195. The number of carbonyl (C=O) groups is 1. The Labute approximate surface area is 146 Å². The molecule has 3 aromatic rings. The van der Waals surface area contributed by atoms with E-state index in [1.807, 2.05) is 58.6 Å². The molecule has 0 saturated carbocycles. The van der Waals surface area contributed by atoms with E-state index in [0.29, 0.717) is 19.5 Å². The Kier molecular flexibility index (Phi) is 3.80. The van der Waals surface area contributed by atoms with Crippen LogP contribution < -0.4 is 5.73 Å². The fraction of sp³-hybridized carbons (Fsp3) is 0.389. The number of fused-ring (bicyclic) bond motifs is 1. The molecular weight excluding hydrogens is 316 g/mol. The van der Waals surface area contributed by atoms with Gasteiger partial charge in [0.25, 0.3) is 0 Å². The van der Waals surface area contributed by atoms with Crippen LogP contribution in [0.25, 0.3) is 5.65 Å². The minimum atomic E-state index is -0.0670. The van der Waals surface area contributed by atoms with Crippen molar-refractivity contribution in [3.63, 3.8) is 0 Å². The standard InChI is InChI=1S/C18H22N6O/c1-12-4-3-5-23-8-13(21-18(12)23)6-17(25)24-9-14(15(19)10-24)16-7-20-11-22(16)2/h3-5,7-8,11,14-15H,6,9-10,19H2,1-2H3/t14-,15-/m1/s1. The number of aromatic nitrogens is 4. The molecule has 7 heteroatoms. The largest absolute Gasteiger partial charge is 0.340 e. The van der Waals surface area contributed by atoms with Crippen LogP contribution in [0, 0.1) is 6.92 Å². The number of hydrogen-bond donors (Lipinski definition) is 1. The molecule has 130 valence electrons. The van der Waals surface area contributed by atoms with E-state index in [0.717, 1.165) is 22.6 Å². The number of pyridine rings is 1. The Hall–Kier alpha value is -2.67. The SMILES string of the molecule is Cc1cccn2cc(CC(=O)N3C[C@@H](N)[C@H](c4cncn4C)C3)nc12. The molecule has 0 aliphatic carbocycles. The Morgan fingerprint density at radius 1 is 1.40 bits per heavy atom. The monoisotopic (exact) mass is 338 g/mol. The molecule has 4 heterocycles. The van der Waals surface area contributed by atoms with E-state index in [1.165, 1.54) is 0 Å². The molecule has 1 saturated heterocycles. The molecule has 3 aromatic heterocycles. The molecule has 25 heavy (non-hydrogen) atoms. The number of rotatable bonds is 3. The maximum absolute atomic E-state index is 12.7. The van der Waals surface area contributed by atoms with Crippen LogP contribution in [-0.4, -0.2) is 48.9 Å². The quantitative estimate of drug-likeness (QED) is 0.768. The summed E-state index contributed by atoms with van der Waals surface area (Å²) >= 11 is 0. The summed E-state index contributed by atoms with van der Waals surface area (Å²) in [5.41, 5.74) is 10.1. The highest BCUT2D eigenvalue weighted by Crippen LogP contribution is 2.26. The normalized spacial score (nSPS) is 20.5. The first-order valence-electron chi connectivity index (χ1n) is 8.45. The van der Waals surface area contributed by atoms with Crippen molar-refractivity contribution < 1.29 is 4.79 Å². The van der Waals surface area contributed by atoms with E-state index in [4.69, 9.17) is 5.73 Å². The molecule has 1 aliphatic heterocycles. The van der Waals surface area contributed by atoms with E-state index in [1.54, 1.807) is 6.33 Å². The maximum atomic E-state index is 12.7. The molecule has 0 aromatic carbocycles. The zero-order valence-corrected chi connectivity index (χ0v) is 14.5. The van der Waals surface area contributed by atoms with Crippen LogP contribution >= 0.6 is 0 Å². The first kappa shape index (κ1) is 15.8. The summed E-state index contributed by atoms with van der Waals surface area (Å²) < 4.78 is 3.94. The molecule has 2 N–H and O–H groups in total. The van der Waals surface area contributed by atoms with Crippen molar-refractivity contribution in [2.45, 2.75) is 25.3 Å². The van der Waals surface area contributed by atoms with Crippen molar-refractivity contribution >= 4 is 11.6 Å². The number of imidazole rings is 2. The molecule has 1 fully saturated rings. The second-order valence-corrected chi connectivity index (χ2v) is 6.83. The number of nitrogens with two attached hydrogens (primary N) is 1. The predicted molar refractivity (Wildman–Crippen MR) is 94.1 cm³/mol. The van der Waals surface area contributed by atoms with E-state index >= 15 is 0 Å². The Morgan fingerprint density at radius 3 is 2.96 bits per heavy atom. The van der Waals surface area contributed by atoms with Gasteiger partial charge in [-0.3, -0.25) is 4.79 Å². The van der Waals surface area contributed by atoms with Gasteiger partial charge in [-0.15, -0.1) is 0 Å². The highest BCUT2D eigenvalue weighted by Gasteiger charge is 2.35. The third-order valence-corrected chi connectivity index (χ3v) is 5.01. The fourth-order valence-corrected chi connectivity index (χ4v) is 3.63. The van der Waals surface area contributed by atoms with E-state index in [2.05, 4.69) is 9.97 Å². The third-order valence-electron chi connectivity index (χ3n) is 5.01. The van der Waals surface area contributed by atoms with Gasteiger partial charge < -0.3 is 19.6 Å². The fourth-order valence-electron chi connectivity index (χ4n) is 3.63. The summed E-state index contributed by atoms with van der Waals surface area (Å²) in [6.45, 7) is 3.22. The summed E-state index contributed by atoms with van der Waals surface area (Å²) in [6, 6.07) is 3.93. The smallest absolute Gasteiger partial charge is 0.228 e. The average molecular weight is 338 g/mol. The van der Waals surface area contributed by atoms with E-state index in [-0.39, 0.29) is 17.9 Å². The Bertz CT molecular complexity index is 927. The van der Waals surface area contributed by atoms with Crippen molar-refractivity contribution in [3.8, 4) is 0 Å². The van der Waals surface area contributed by atoms with Crippen LogP contribution in [0.3, 0.4) is 0 Å². The van der Waals surface area contributed by atoms with Crippen LogP contribution in [0.15, 0.2) is 37.1 Å². The second-order valence-electron chi connectivity index (χ2n) is 6.83. The van der Waals surface area contributed by atoms with Crippen LogP contribution in [-0.2, 0) is 18.3 Å². The van der Waals surface area contributed by atoms with Gasteiger partial charge in [0, 0.05) is 56.4 Å². The van der Waals surface area contributed by atoms with Crippen molar-refractivity contribution in [1.82, 2.24) is 23.8 Å². The highest BCUT2D eigenvalue weighted by atomic mass is 16.2. The van der Waals surface area contributed by atoms with E-state index < -0.39 is 0 Å². The lowest BCUT2D eigenvalue weighted by Gasteiger charge is -2.16. The van der Waals surface area contributed by atoms with Crippen molar-refractivity contribution in [1.29, 1.82) is 0 Å². The summed E-state index contributed by atoms with van der Waals surface area (Å²) in [7, 11) is 1.96. The molecule has 0 radical (unpaired) electrons. The number of nitrogens with zero attached hydrogens (tertiary/aromatic N) is 5. The summed E-state index contributed by atoms with van der Waals surface area (Å²) in [4.78, 5) is 23.3. The van der Waals surface area contributed by atoms with Crippen LogP contribution in [0.4, 0.5) is 0 Å².